The number of halogens is 2. The van der Waals surface area contributed by atoms with Crippen molar-refractivity contribution in [2.75, 3.05) is 7.11 Å². The van der Waals surface area contributed by atoms with E-state index >= 15 is 0 Å². The molecule has 0 aromatic heterocycles. The van der Waals surface area contributed by atoms with Crippen molar-refractivity contribution in [2.45, 2.75) is 57.7 Å². The molecule has 0 radical (unpaired) electrons. The van der Waals surface area contributed by atoms with Crippen LogP contribution in [0.1, 0.15) is 34.1 Å². The van der Waals surface area contributed by atoms with Crippen LogP contribution in [0, 0.1) is 0 Å². The third-order valence-electron chi connectivity index (χ3n) is 2.82. The molecule has 1 aliphatic rings. The average molecular weight is 279 g/mol. The van der Waals surface area contributed by atoms with Gasteiger partial charge in [0.1, 0.15) is 5.60 Å². The number of alkyl halides is 2. The largest absolute Gasteiger partial charge is 0.465 e. The highest BCUT2D eigenvalue weighted by atomic mass is 19.2. The minimum absolute atomic E-state index is 0.287. The smallest absolute Gasteiger partial charge is 0.413 e. The normalized spacial score (nSPS) is 31.2. The molecule has 1 fully saturated rings. The number of nitrogens with zero attached hydrogens (tertiary/aromatic N) is 1. The van der Waals surface area contributed by atoms with Gasteiger partial charge in [0, 0.05) is 12.5 Å². The number of hydrogen-bond donors (Lipinski definition) is 0. The summed E-state index contributed by atoms with van der Waals surface area (Å²) in [6.07, 6.45) is -3.50. The van der Waals surface area contributed by atoms with Gasteiger partial charge in [0.25, 0.3) is 0 Å². The number of esters is 1. The van der Waals surface area contributed by atoms with Gasteiger partial charge < -0.3 is 9.47 Å². The summed E-state index contributed by atoms with van der Waals surface area (Å²) in [7, 11) is 0.937. The number of carbonyl (C=O) groups is 2. The zero-order chi connectivity index (χ0) is 15.0. The Bertz CT molecular complexity index is 382. The van der Waals surface area contributed by atoms with E-state index in [1.165, 1.54) is 6.92 Å². The second-order valence-electron chi connectivity index (χ2n) is 5.57. The van der Waals surface area contributed by atoms with E-state index in [1.807, 2.05) is 0 Å². The molecule has 1 heterocycles. The van der Waals surface area contributed by atoms with Gasteiger partial charge in [0.15, 0.2) is 6.17 Å². The van der Waals surface area contributed by atoms with E-state index in [4.69, 9.17) is 4.74 Å². The molecule has 19 heavy (non-hydrogen) atoms. The molecule has 1 saturated heterocycles. The molecule has 0 aromatic rings. The van der Waals surface area contributed by atoms with Gasteiger partial charge >= 0.3 is 17.9 Å². The van der Waals surface area contributed by atoms with Crippen LogP contribution in [0.25, 0.3) is 0 Å². The van der Waals surface area contributed by atoms with Crippen molar-refractivity contribution < 1.29 is 27.8 Å². The first-order valence-electron chi connectivity index (χ1n) is 5.97. The van der Waals surface area contributed by atoms with Crippen molar-refractivity contribution in [3.8, 4) is 0 Å². The molecule has 3 atom stereocenters. The lowest BCUT2D eigenvalue weighted by molar-refractivity contribution is -0.172. The molecule has 0 aliphatic carbocycles. The minimum atomic E-state index is -3.13. The summed E-state index contributed by atoms with van der Waals surface area (Å²) in [6.45, 7) is 6.23. The molecular weight excluding hydrogens is 260 g/mol. The lowest BCUT2D eigenvalue weighted by atomic mass is 10.1. The maximum Gasteiger partial charge on any atom is 0.413 e. The Morgan fingerprint density at radius 1 is 1.37 bits per heavy atom. The van der Waals surface area contributed by atoms with Crippen LogP contribution < -0.4 is 0 Å². The zero-order valence-corrected chi connectivity index (χ0v) is 11.7. The third kappa shape index (κ3) is 2.79. The van der Waals surface area contributed by atoms with Gasteiger partial charge in [0.2, 0.25) is 0 Å². The van der Waals surface area contributed by atoms with E-state index in [0.29, 0.717) is 4.90 Å². The van der Waals surface area contributed by atoms with Gasteiger partial charge in [0.05, 0.1) is 7.11 Å². The van der Waals surface area contributed by atoms with Crippen LogP contribution in [0.15, 0.2) is 0 Å². The Labute approximate surface area is 110 Å². The molecule has 0 saturated carbocycles. The summed E-state index contributed by atoms with van der Waals surface area (Å²) in [5, 5.41) is 0. The Balaban J connectivity index is 3.08. The van der Waals surface area contributed by atoms with Gasteiger partial charge in [-0.3, -0.25) is 4.90 Å². The maximum absolute atomic E-state index is 14.6. The van der Waals surface area contributed by atoms with Crippen molar-refractivity contribution in [1.29, 1.82) is 0 Å². The first-order valence-corrected chi connectivity index (χ1v) is 5.97. The summed E-state index contributed by atoms with van der Waals surface area (Å²) in [4.78, 5) is 23.9. The van der Waals surface area contributed by atoms with Gasteiger partial charge in [-0.1, -0.05) is 0 Å². The van der Waals surface area contributed by atoms with Gasteiger partial charge in [-0.25, -0.2) is 18.4 Å². The molecule has 7 heteroatoms. The average Bonchev–Trinajstić information content (AvgIpc) is 2.47. The fourth-order valence-electron chi connectivity index (χ4n) is 2.03. The van der Waals surface area contributed by atoms with Gasteiger partial charge in [-0.2, -0.15) is 0 Å². The SMILES string of the molecule is COC(=O)[C@]1(F)[C@H](F)CC(C)N1C(=O)OC(C)(C)C. The molecule has 110 valence electrons. The van der Waals surface area contributed by atoms with E-state index < -0.39 is 35.7 Å². The number of methoxy groups -OCH3 is 1. The lowest BCUT2D eigenvalue weighted by Gasteiger charge is -2.33. The van der Waals surface area contributed by atoms with E-state index in [0.717, 1.165) is 7.11 Å². The minimum Gasteiger partial charge on any atom is -0.465 e. The maximum atomic E-state index is 14.6. The standard InChI is InChI=1S/C12H19F2NO4/c1-7-6-8(13)12(14,9(16)18-5)15(7)10(17)19-11(2,3)4/h7-8H,6H2,1-5H3/t7?,8-,12+/m1/s1. The molecule has 0 aromatic carbocycles. The Kier molecular flexibility index (Phi) is 4.07. The highest BCUT2D eigenvalue weighted by Gasteiger charge is 2.63. The van der Waals surface area contributed by atoms with Crippen molar-refractivity contribution >= 4 is 12.1 Å². The molecule has 0 bridgehead atoms. The predicted molar refractivity (Wildman–Crippen MR) is 62.9 cm³/mol. The summed E-state index contributed by atoms with van der Waals surface area (Å²) in [5.74, 6) is -4.56. The van der Waals surface area contributed by atoms with E-state index in [-0.39, 0.29) is 6.42 Å². The Hall–Kier alpha value is -1.40. The zero-order valence-electron chi connectivity index (χ0n) is 11.7. The molecule has 1 amide bonds. The second kappa shape index (κ2) is 4.94. The number of ether oxygens (including phenoxy) is 2. The summed E-state index contributed by atoms with van der Waals surface area (Å²) >= 11 is 0. The monoisotopic (exact) mass is 279 g/mol. The van der Waals surface area contributed by atoms with Crippen LogP contribution in [0.4, 0.5) is 13.6 Å². The fraction of sp³-hybridized carbons (Fsp3) is 0.833. The summed E-state index contributed by atoms with van der Waals surface area (Å²) in [5.41, 5.74) is -0.873. The number of hydrogen-bond acceptors (Lipinski definition) is 4. The number of rotatable bonds is 1. The highest BCUT2D eigenvalue weighted by molar-refractivity contribution is 5.86. The Morgan fingerprint density at radius 3 is 2.32 bits per heavy atom. The molecule has 0 N–H and O–H groups in total. The van der Waals surface area contributed by atoms with Crippen molar-refractivity contribution in [2.24, 2.45) is 0 Å². The Morgan fingerprint density at radius 2 is 1.89 bits per heavy atom. The van der Waals surface area contributed by atoms with Crippen LogP contribution in [0.5, 0.6) is 0 Å². The number of carbonyl (C=O) groups excluding carboxylic acids is 2. The molecule has 1 unspecified atom stereocenters. The number of amides is 1. The molecular formula is C12H19F2NO4. The highest BCUT2D eigenvalue weighted by Crippen LogP contribution is 2.39. The topological polar surface area (TPSA) is 55.8 Å². The second-order valence-corrected chi connectivity index (χ2v) is 5.57. The number of likely N-dealkylation sites (tertiary alicyclic amines) is 1. The van der Waals surface area contributed by atoms with Crippen molar-refractivity contribution in [3.05, 3.63) is 0 Å². The molecule has 5 nitrogen and oxygen atoms in total. The third-order valence-corrected chi connectivity index (χ3v) is 2.82. The summed E-state index contributed by atoms with van der Waals surface area (Å²) < 4.78 is 37.7. The first kappa shape index (κ1) is 15.7. The lowest BCUT2D eigenvalue weighted by Crippen LogP contribution is -2.57. The van der Waals surface area contributed by atoms with Gasteiger partial charge in [-0.15, -0.1) is 0 Å². The van der Waals surface area contributed by atoms with E-state index in [9.17, 15) is 18.4 Å². The van der Waals surface area contributed by atoms with Crippen LogP contribution in [0.3, 0.4) is 0 Å². The molecule has 0 spiro atoms. The predicted octanol–water partition coefficient (Wildman–Crippen LogP) is 2.19. The molecule has 1 rings (SSSR count). The summed E-state index contributed by atoms with van der Waals surface area (Å²) in [6, 6.07) is -0.797. The van der Waals surface area contributed by atoms with Crippen LogP contribution in [-0.2, 0) is 14.3 Å². The van der Waals surface area contributed by atoms with E-state index in [1.54, 1.807) is 20.8 Å². The molecule has 1 aliphatic heterocycles. The van der Waals surface area contributed by atoms with Crippen molar-refractivity contribution in [3.63, 3.8) is 0 Å². The van der Waals surface area contributed by atoms with Crippen LogP contribution in [0.2, 0.25) is 0 Å². The fourth-order valence-corrected chi connectivity index (χ4v) is 2.03. The van der Waals surface area contributed by atoms with Gasteiger partial charge in [-0.05, 0) is 27.7 Å². The first-order chi connectivity index (χ1) is 8.54. The quantitative estimate of drug-likeness (QED) is 0.545. The van der Waals surface area contributed by atoms with E-state index in [2.05, 4.69) is 4.74 Å². The van der Waals surface area contributed by atoms with Crippen LogP contribution >= 0.6 is 0 Å². The van der Waals surface area contributed by atoms with Crippen LogP contribution in [-0.4, -0.2) is 47.7 Å². The van der Waals surface area contributed by atoms with Crippen molar-refractivity contribution in [1.82, 2.24) is 4.90 Å².